The van der Waals surface area contributed by atoms with Gasteiger partial charge in [0.05, 0.1) is 7.11 Å². The van der Waals surface area contributed by atoms with Crippen molar-refractivity contribution >= 4 is 0 Å². The molecule has 0 spiro atoms. The Morgan fingerprint density at radius 1 is 1.14 bits per heavy atom. The van der Waals surface area contributed by atoms with Crippen LogP contribution in [0.5, 0.6) is 5.75 Å². The number of ether oxygens (including phenoxy) is 1. The number of halogens is 1. The molecule has 21 heavy (non-hydrogen) atoms. The fourth-order valence-corrected chi connectivity index (χ4v) is 2.90. The summed E-state index contributed by atoms with van der Waals surface area (Å²) in [6, 6.07) is 13.5. The van der Waals surface area contributed by atoms with E-state index in [1.54, 1.807) is 7.11 Å². The number of aryl methyl sites for hydroxylation is 1. The molecule has 1 unspecified atom stereocenters. The number of methoxy groups -OCH3 is 1. The quantitative estimate of drug-likeness (QED) is 0.928. The van der Waals surface area contributed by atoms with Gasteiger partial charge < -0.3 is 10.1 Å². The Hall–Kier alpha value is -1.87. The molecule has 0 radical (unpaired) electrons. The second-order valence-corrected chi connectivity index (χ2v) is 5.58. The van der Waals surface area contributed by atoms with Crippen molar-refractivity contribution in [3.05, 3.63) is 65.0 Å². The van der Waals surface area contributed by atoms with Crippen molar-refractivity contribution in [1.82, 2.24) is 5.32 Å². The summed E-state index contributed by atoms with van der Waals surface area (Å²) in [5, 5.41) is 3.57. The lowest BCUT2D eigenvalue weighted by atomic mass is 9.88. The van der Waals surface area contributed by atoms with E-state index in [1.165, 1.54) is 23.3 Å². The Labute approximate surface area is 125 Å². The first kappa shape index (κ1) is 14.1. The topological polar surface area (TPSA) is 21.3 Å². The van der Waals surface area contributed by atoms with Gasteiger partial charge in [0.15, 0.2) is 0 Å². The molecule has 0 saturated heterocycles. The highest BCUT2D eigenvalue weighted by Crippen LogP contribution is 2.25. The van der Waals surface area contributed by atoms with E-state index in [0.29, 0.717) is 6.04 Å². The van der Waals surface area contributed by atoms with Crippen LogP contribution in [-0.2, 0) is 19.4 Å². The van der Waals surface area contributed by atoms with Gasteiger partial charge in [-0.2, -0.15) is 0 Å². The van der Waals surface area contributed by atoms with Crippen molar-refractivity contribution in [2.45, 2.75) is 31.8 Å². The average Bonchev–Trinajstić information content (AvgIpc) is 2.53. The van der Waals surface area contributed by atoms with Gasteiger partial charge in [-0.3, -0.25) is 0 Å². The first-order chi connectivity index (χ1) is 10.2. The minimum Gasteiger partial charge on any atom is -0.497 e. The molecule has 2 nitrogen and oxygen atoms in total. The summed E-state index contributed by atoms with van der Waals surface area (Å²) in [5.74, 6) is 0.741. The van der Waals surface area contributed by atoms with Crippen molar-refractivity contribution in [3.63, 3.8) is 0 Å². The molecule has 1 atom stereocenters. The van der Waals surface area contributed by atoms with E-state index in [4.69, 9.17) is 4.74 Å². The molecule has 0 heterocycles. The van der Waals surface area contributed by atoms with Crippen LogP contribution in [0.25, 0.3) is 0 Å². The summed E-state index contributed by atoms with van der Waals surface area (Å²) >= 11 is 0. The van der Waals surface area contributed by atoms with E-state index in [2.05, 4.69) is 17.4 Å². The predicted molar refractivity (Wildman–Crippen MR) is 82.0 cm³/mol. The van der Waals surface area contributed by atoms with E-state index >= 15 is 0 Å². The highest BCUT2D eigenvalue weighted by atomic mass is 19.1. The summed E-state index contributed by atoms with van der Waals surface area (Å²) in [5.41, 5.74) is 3.92. The minimum absolute atomic E-state index is 0.183. The highest BCUT2D eigenvalue weighted by molar-refractivity contribution is 5.38. The van der Waals surface area contributed by atoms with E-state index in [0.717, 1.165) is 37.1 Å². The molecule has 3 rings (SSSR count). The minimum atomic E-state index is -0.183. The molecule has 1 N–H and O–H groups in total. The lowest BCUT2D eigenvalue weighted by molar-refractivity contribution is 0.411. The first-order valence-corrected chi connectivity index (χ1v) is 7.38. The van der Waals surface area contributed by atoms with Gasteiger partial charge in [-0.25, -0.2) is 4.39 Å². The predicted octanol–water partition coefficient (Wildman–Crippen LogP) is 3.48. The maximum Gasteiger partial charge on any atom is 0.123 e. The molecular weight excluding hydrogens is 265 g/mol. The molecule has 1 aliphatic carbocycles. The standard InChI is InChI=1S/C18H20FNO/c1-21-18-9-5-14-4-8-17(10-15(14)11-18)20-12-13-2-6-16(19)7-3-13/h2-3,5-7,9,11,17,20H,4,8,10,12H2,1H3. The summed E-state index contributed by atoms with van der Waals surface area (Å²) in [6.07, 6.45) is 3.26. The molecule has 0 saturated carbocycles. The third kappa shape index (κ3) is 3.42. The van der Waals surface area contributed by atoms with Crippen molar-refractivity contribution in [3.8, 4) is 5.75 Å². The second-order valence-electron chi connectivity index (χ2n) is 5.58. The van der Waals surface area contributed by atoms with Crippen molar-refractivity contribution < 1.29 is 9.13 Å². The van der Waals surface area contributed by atoms with Crippen LogP contribution in [0.15, 0.2) is 42.5 Å². The molecule has 0 aromatic heterocycles. The van der Waals surface area contributed by atoms with Crippen LogP contribution < -0.4 is 10.1 Å². The largest absolute Gasteiger partial charge is 0.497 e. The van der Waals surface area contributed by atoms with E-state index in [-0.39, 0.29) is 5.82 Å². The molecule has 0 bridgehead atoms. The lowest BCUT2D eigenvalue weighted by Crippen LogP contribution is -2.34. The monoisotopic (exact) mass is 285 g/mol. The molecule has 0 amide bonds. The second kappa shape index (κ2) is 6.27. The highest BCUT2D eigenvalue weighted by Gasteiger charge is 2.18. The van der Waals surface area contributed by atoms with Gasteiger partial charge in [-0.15, -0.1) is 0 Å². The normalized spacial score (nSPS) is 17.3. The molecule has 110 valence electrons. The van der Waals surface area contributed by atoms with E-state index in [9.17, 15) is 4.39 Å². The summed E-state index contributed by atoms with van der Waals surface area (Å²) in [4.78, 5) is 0. The summed E-state index contributed by atoms with van der Waals surface area (Å²) < 4.78 is 18.2. The SMILES string of the molecule is COc1ccc2c(c1)CC(NCc1ccc(F)cc1)CC2. The molecular formula is C18H20FNO. The Morgan fingerprint density at radius 3 is 2.71 bits per heavy atom. The molecule has 3 heteroatoms. The number of hydrogen-bond donors (Lipinski definition) is 1. The van der Waals surface area contributed by atoms with Crippen LogP contribution in [0, 0.1) is 5.82 Å². The van der Waals surface area contributed by atoms with E-state index in [1.807, 2.05) is 18.2 Å². The van der Waals surface area contributed by atoms with Gasteiger partial charge in [0.2, 0.25) is 0 Å². The molecule has 2 aromatic carbocycles. The molecule has 0 aliphatic heterocycles. The van der Waals surface area contributed by atoms with Crippen molar-refractivity contribution in [2.24, 2.45) is 0 Å². The van der Waals surface area contributed by atoms with Gasteiger partial charge >= 0.3 is 0 Å². The lowest BCUT2D eigenvalue weighted by Gasteiger charge is -2.26. The van der Waals surface area contributed by atoms with E-state index < -0.39 is 0 Å². The van der Waals surface area contributed by atoms with Gasteiger partial charge in [0.1, 0.15) is 11.6 Å². The fourth-order valence-electron chi connectivity index (χ4n) is 2.90. The molecule has 2 aromatic rings. The van der Waals surface area contributed by atoms with Gasteiger partial charge in [0.25, 0.3) is 0 Å². The van der Waals surface area contributed by atoms with Crippen LogP contribution in [0.2, 0.25) is 0 Å². The van der Waals surface area contributed by atoms with Crippen LogP contribution in [0.1, 0.15) is 23.1 Å². The van der Waals surface area contributed by atoms with Crippen LogP contribution in [0.3, 0.4) is 0 Å². The zero-order chi connectivity index (χ0) is 14.7. The van der Waals surface area contributed by atoms with Crippen LogP contribution in [-0.4, -0.2) is 13.2 Å². The number of rotatable bonds is 4. The zero-order valence-electron chi connectivity index (χ0n) is 12.2. The Morgan fingerprint density at radius 2 is 1.95 bits per heavy atom. The summed E-state index contributed by atoms with van der Waals surface area (Å²) in [7, 11) is 1.70. The molecule has 1 aliphatic rings. The smallest absolute Gasteiger partial charge is 0.123 e. The average molecular weight is 285 g/mol. The van der Waals surface area contributed by atoms with Crippen molar-refractivity contribution in [1.29, 1.82) is 0 Å². The van der Waals surface area contributed by atoms with Gasteiger partial charge in [0, 0.05) is 12.6 Å². The van der Waals surface area contributed by atoms with Gasteiger partial charge in [-0.05, 0) is 60.2 Å². The first-order valence-electron chi connectivity index (χ1n) is 7.38. The Bertz CT molecular complexity index is 609. The maximum atomic E-state index is 12.9. The number of benzene rings is 2. The van der Waals surface area contributed by atoms with Crippen molar-refractivity contribution in [2.75, 3.05) is 7.11 Å². The third-order valence-electron chi connectivity index (χ3n) is 4.15. The van der Waals surface area contributed by atoms with Crippen LogP contribution >= 0.6 is 0 Å². The Balaban J connectivity index is 1.62. The number of fused-ring (bicyclic) bond motifs is 1. The number of hydrogen-bond acceptors (Lipinski definition) is 2. The maximum absolute atomic E-state index is 12.9. The summed E-state index contributed by atoms with van der Waals surface area (Å²) in [6.45, 7) is 0.782. The third-order valence-corrected chi connectivity index (χ3v) is 4.15. The Kier molecular flexibility index (Phi) is 4.20. The fraction of sp³-hybridized carbons (Fsp3) is 0.333. The van der Waals surface area contributed by atoms with Crippen LogP contribution in [0.4, 0.5) is 4.39 Å². The zero-order valence-corrected chi connectivity index (χ0v) is 12.2. The number of nitrogens with one attached hydrogen (secondary N) is 1. The van der Waals surface area contributed by atoms with Gasteiger partial charge in [-0.1, -0.05) is 18.2 Å². The molecule has 0 fully saturated rings.